The number of rotatable bonds is 5. The van der Waals surface area contributed by atoms with Gasteiger partial charge in [-0.05, 0) is 31.5 Å². The van der Waals surface area contributed by atoms with Crippen LogP contribution in [0.25, 0.3) is 0 Å². The summed E-state index contributed by atoms with van der Waals surface area (Å²) < 4.78 is 0. The molecule has 1 atom stereocenters. The van der Waals surface area contributed by atoms with E-state index in [4.69, 9.17) is 5.73 Å². The number of thiazole rings is 1. The number of nitrogens with two attached hydrogens (primary N) is 1. The zero-order valence-electron chi connectivity index (χ0n) is 13.1. The minimum absolute atomic E-state index is 0.0792. The van der Waals surface area contributed by atoms with Crippen molar-refractivity contribution in [2.24, 2.45) is 5.73 Å². The number of hydrogen-bond acceptors (Lipinski definition) is 5. The van der Waals surface area contributed by atoms with Gasteiger partial charge in [-0.15, -0.1) is 11.3 Å². The summed E-state index contributed by atoms with van der Waals surface area (Å²) in [5.41, 5.74) is 7.25. The first-order valence-corrected chi connectivity index (χ1v) is 8.89. The van der Waals surface area contributed by atoms with Gasteiger partial charge in [0, 0.05) is 36.6 Å². The maximum Gasteiger partial charge on any atom is 0.271 e. The van der Waals surface area contributed by atoms with Crippen LogP contribution in [-0.2, 0) is 6.42 Å². The molecule has 1 amide bonds. The monoisotopic (exact) mass is 330 g/mol. The van der Waals surface area contributed by atoms with E-state index < -0.39 is 0 Å². The van der Waals surface area contributed by atoms with Gasteiger partial charge in [0.1, 0.15) is 5.69 Å². The Kier molecular flexibility index (Phi) is 5.25. The summed E-state index contributed by atoms with van der Waals surface area (Å²) >= 11 is 1.50. The number of nitrogens with one attached hydrogen (secondary N) is 1. The molecule has 5 nitrogen and oxygen atoms in total. The molecule has 1 unspecified atom stereocenters. The molecule has 1 aromatic carbocycles. The van der Waals surface area contributed by atoms with E-state index in [-0.39, 0.29) is 11.9 Å². The lowest BCUT2D eigenvalue weighted by Crippen LogP contribution is -2.47. The molecule has 3 rings (SSSR count). The first kappa shape index (κ1) is 16.0. The lowest BCUT2D eigenvalue weighted by molar-refractivity contribution is 0.0928. The number of carbonyl (C=O) groups is 1. The molecule has 122 valence electrons. The maximum absolute atomic E-state index is 12.4. The van der Waals surface area contributed by atoms with Crippen molar-refractivity contribution in [2.45, 2.75) is 25.3 Å². The average molecular weight is 330 g/mol. The topological polar surface area (TPSA) is 71.2 Å². The molecule has 2 heterocycles. The van der Waals surface area contributed by atoms with Crippen molar-refractivity contribution in [3.63, 3.8) is 0 Å². The molecular weight excluding hydrogens is 308 g/mol. The van der Waals surface area contributed by atoms with E-state index in [1.807, 2.05) is 23.6 Å². The van der Waals surface area contributed by atoms with E-state index in [0.717, 1.165) is 37.4 Å². The molecule has 0 saturated carbocycles. The highest BCUT2D eigenvalue weighted by atomic mass is 32.1. The van der Waals surface area contributed by atoms with Crippen molar-refractivity contribution < 1.29 is 4.79 Å². The summed E-state index contributed by atoms with van der Waals surface area (Å²) in [6.45, 7) is 2.44. The Morgan fingerprint density at radius 2 is 2.22 bits per heavy atom. The summed E-state index contributed by atoms with van der Waals surface area (Å²) in [5.74, 6) is -0.0792. The largest absolute Gasteiger partial charge is 0.369 e. The fourth-order valence-electron chi connectivity index (χ4n) is 2.88. The average Bonchev–Trinajstić information content (AvgIpc) is 3.05. The van der Waals surface area contributed by atoms with Crippen LogP contribution in [0.15, 0.2) is 35.7 Å². The van der Waals surface area contributed by atoms with Gasteiger partial charge in [-0.1, -0.05) is 18.2 Å². The fourth-order valence-corrected chi connectivity index (χ4v) is 3.68. The number of hydrogen-bond donors (Lipinski definition) is 2. The van der Waals surface area contributed by atoms with Gasteiger partial charge in [0.15, 0.2) is 0 Å². The molecule has 1 fully saturated rings. The van der Waals surface area contributed by atoms with Gasteiger partial charge in [-0.3, -0.25) is 4.79 Å². The first-order valence-electron chi connectivity index (χ1n) is 8.01. The van der Waals surface area contributed by atoms with Gasteiger partial charge < -0.3 is 16.0 Å². The molecule has 23 heavy (non-hydrogen) atoms. The lowest BCUT2D eigenvalue weighted by atomic mass is 10.0. The number of aromatic nitrogens is 1. The second-order valence-corrected chi connectivity index (χ2v) is 6.70. The van der Waals surface area contributed by atoms with Gasteiger partial charge in [0.25, 0.3) is 5.91 Å². The molecule has 1 aliphatic rings. The first-order chi connectivity index (χ1) is 11.3. The molecule has 1 aliphatic heterocycles. The second kappa shape index (κ2) is 7.57. The van der Waals surface area contributed by atoms with Gasteiger partial charge in [0.05, 0.1) is 5.01 Å². The van der Waals surface area contributed by atoms with Crippen LogP contribution in [0.4, 0.5) is 5.69 Å². The highest BCUT2D eigenvalue weighted by Gasteiger charge is 2.22. The van der Waals surface area contributed by atoms with Crippen LogP contribution in [-0.4, -0.2) is 36.6 Å². The second-order valence-electron chi connectivity index (χ2n) is 5.76. The predicted octanol–water partition coefficient (Wildman–Crippen LogP) is 2.04. The van der Waals surface area contributed by atoms with E-state index in [9.17, 15) is 4.79 Å². The van der Waals surface area contributed by atoms with E-state index >= 15 is 0 Å². The Hall–Kier alpha value is -1.92. The van der Waals surface area contributed by atoms with Gasteiger partial charge in [-0.2, -0.15) is 0 Å². The minimum atomic E-state index is -0.0792. The maximum atomic E-state index is 12.4. The van der Waals surface area contributed by atoms with E-state index in [0.29, 0.717) is 12.2 Å². The fraction of sp³-hybridized carbons (Fsp3) is 0.412. The van der Waals surface area contributed by atoms with Crippen molar-refractivity contribution in [1.29, 1.82) is 0 Å². The summed E-state index contributed by atoms with van der Waals surface area (Å²) in [4.78, 5) is 19.0. The molecule has 3 N–H and O–H groups in total. The third-order valence-corrected chi connectivity index (χ3v) is 4.93. The smallest absolute Gasteiger partial charge is 0.271 e. The molecule has 0 radical (unpaired) electrons. The number of carbonyl (C=O) groups excluding carboxylic acids is 1. The quantitative estimate of drug-likeness (QED) is 0.880. The van der Waals surface area contributed by atoms with Crippen LogP contribution in [0.1, 0.15) is 28.3 Å². The molecule has 1 saturated heterocycles. The van der Waals surface area contributed by atoms with Crippen LogP contribution in [0, 0.1) is 0 Å². The highest BCUT2D eigenvalue weighted by Crippen LogP contribution is 2.20. The van der Waals surface area contributed by atoms with Crippen molar-refractivity contribution in [1.82, 2.24) is 10.3 Å². The molecule has 2 aromatic rings. The Morgan fingerprint density at radius 3 is 3.00 bits per heavy atom. The highest BCUT2D eigenvalue weighted by molar-refractivity contribution is 7.09. The Balaban J connectivity index is 1.59. The number of amides is 1. The van der Waals surface area contributed by atoms with Crippen LogP contribution in [0.5, 0.6) is 0 Å². The van der Waals surface area contributed by atoms with Crippen molar-refractivity contribution in [3.05, 3.63) is 46.4 Å². The minimum Gasteiger partial charge on any atom is -0.369 e. The van der Waals surface area contributed by atoms with Crippen molar-refractivity contribution >= 4 is 22.9 Å². The van der Waals surface area contributed by atoms with E-state index in [2.05, 4.69) is 27.3 Å². The zero-order valence-corrected chi connectivity index (χ0v) is 13.9. The normalized spacial score (nSPS) is 18.0. The standard InChI is InChI=1S/C17H22N4OS/c18-9-8-16-20-15(12-23-16)17(22)19-13-5-4-10-21(11-13)14-6-2-1-3-7-14/h1-3,6-7,12-13H,4-5,8-11,18H2,(H,19,22). The number of benzene rings is 1. The summed E-state index contributed by atoms with van der Waals surface area (Å²) in [6.07, 6.45) is 2.81. The summed E-state index contributed by atoms with van der Waals surface area (Å²) in [5, 5.41) is 5.86. The summed E-state index contributed by atoms with van der Waals surface area (Å²) in [6, 6.07) is 10.5. The van der Waals surface area contributed by atoms with Crippen LogP contribution < -0.4 is 16.0 Å². The molecule has 0 bridgehead atoms. The van der Waals surface area contributed by atoms with Gasteiger partial charge in [-0.25, -0.2) is 4.98 Å². The third kappa shape index (κ3) is 4.09. The third-order valence-electron chi connectivity index (χ3n) is 4.02. The predicted molar refractivity (Wildman–Crippen MR) is 94.0 cm³/mol. The molecular formula is C17H22N4OS. The van der Waals surface area contributed by atoms with Gasteiger partial charge in [0.2, 0.25) is 0 Å². The Labute approximate surface area is 140 Å². The molecule has 1 aromatic heterocycles. The SMILES string of the molecule is NCCc1nc(C(=O)NC2CCCN(c3ccccc3)C2)cs1. The number of piperidine rings is 1. The van der Waals surface area contributed by atoms with Gasteiger partial charge >= 0.3 is 0 Å². The molecule has 0 spiro atoms. The van der Waals surface area contributed by atoms with Crippen LogP contribution in [0.3, 0.4) is 0 Å². The van der Waals surface area contributed by atoms with Crippen LogP contribution >= 0.6 is 11.3 Å². The number of nitrogens with zero attached hydrogens (tertiary/aromatic N) is 2. The van der Waals surface area contributed by atoms with Crippen LogP contribution in [0.2, 0.25) is 0 Å². The lowest BCUT2D eigenvalue weighted by Gasteiger charge is -2.34. The Bertz CT molecular complexity index is 643. The molecule has 6 heteroatoms. The Morgan fingerprint density at radius 1 is 1.39 bits per heavy atom. The van der Waals surface area contributed by atoms with Crippen molar-refractivity contribution in [3.8, 4) is 0 Å². The van der Waals surface area contributed by atoms with Crippen molar-refractivity contribution in [2.75, 3.05) is 24.5 Å². The zero-order chi connectivity index (χ0) is 16.1. The number of para-hydroxylation sites is 1. The summed E-state index contributed by atoms with van der Waals surface area (Å²) in [7, 11) is 0. The molecule has 0 aliphatic carbocycles. The van der Waals surface area contributed by atoms with E-state index in [1.165, 1.54) is 17.0 Å². The number of anilines is 1. The van der Waals surface area contributed by atoms with E-state index in [1.54, 1.807) is 0 Å².